The molecule has 0 N–H and O–H groups in total. The smallest absolute Gasteiger partial charge is 0.0225 e. The first kappa shape index (κ1) is 9.22. The van der Waals surface area contributed by atoms with Gasteiger partial charge < -0.3 is 0 Å². The van der Waals surface area contributed by atoms with Crippen LogP contribution in [0.3, 0.4) is 0 Å². The molecule has 0 heterocycles. The Balaban J connectivity index is 3.47. The van der Waals surface area contributed by atoms with Gasteiger partial charge >= 0.3 is 0 Å². The van der Waals surface area contributed by atoms with Gasteiger partial charge in [0.1, 0.15) is 0 Å². The fourth-order valence-electron chi connectivity index (χ4n) is 1.12. The zero-order valence-electron chi connectivity index (χ0n) is 6.99. The Kier molecular flexibility index (Phi) is 3.48. The van der Waals surface area contributed by atoms with Gasteiger partial charge in [0, 0.05) is 10.2 Å². The summed E-state index contributed by atoms with van der Waals surface area (Å²) in [6, 6.07) is 1.12. The molecule has 0 aromatic rings. The van der Waals surface area contributed by atoms with E-state index in [1.807, 2.05) is 0 Å². The van der Waals surface area contributed by atoms with Crippen LogP contribution in [0.1, 0.15) is 34.1 Å². The maximum Gasteiger partial charge on any atom is 0.0225 e. The van der Waals surface area contributed by atoms with Gasteiger partial charge in [-0.05, 0) is 17.8 Å². The molecule has 0 nitrogen and oxygen atoms in total. The van der Waals surface area contributed by atoms with Crippen molar-refractivity contribution in [2.24, 2.45) is 11.3 Å². The van der Waals surface area contributed by atoms with Gasteiger partial charge in [0.2, 0.25) is 0 Å². The maximum atomic E-state index is 3.51. The van der Waals surface area contributed by atoms with Crippen molar-refractivity contribution in [1.29, 1.82) is 0 Å². The van der Waals surface area contributed by atoms with Crippen LogP contribution in [0.5, 0.6) is 0 Å². The fraction of sp³-hybridized carbons (Fsp3) is 1.00. The number of rotatable bonds is 2. The third-order valence-electron chi connectivity index (χ3n) is 1.31. The third kappa shape index (κ3) is 6.10. The monoisotopic (exact) mass is 141 g/mol. The van der Waals surface area contributed by atoms with Crippen LogP contribution in [0.4, 0.5) is 0 Å². The molecule has 3 radical (unpaired) electrons. The summed E-state index contributed by atoms with van der Waals surface area (Å²) in [5.74, 6) is 0.807. The summed E-state index contributed by atoms with van der Waals surface area (Å²) in [6.07, 6.45) is 1.30. The topological polar surface area (TPSA) is 0 Å². The molecule has 0 aliphatic heterocycles. The first-order valence-electron chi connectivity index (χ1n) is 3.60. The number of hydrogen-bond acceptors (Lipinski definition) is 0. The third-order valence-corrected chi connectivity index (χ3v) is 2.01. The van der Waals surface area contributed by atoms with Crippen molar-refractivity contribution in [2.45, 2.75) is 40.2 Å². The van der Waals surface area contributed by atoms with Gasteiger partial charge in [0.05, 0.1) is 0 Å². The van der Waals surface area contributed by atoms with Crippen molar-refractivity contribution >= 4 is 10.2 Å². The lowest BCUT2D eigenvalue weighted by Gasteiger charge is -2.21. The predicted molar refractivity (Wildman–Crippen MR) is 43.8 cm³/mol. The Bertz CT molecular complexity index is 71.1. The molecular formula is C8H17Si. The van der Waals surface area contributed by atoms with E-state index in [2.05, 4.69) is 37.9 Å². The predicted octanol–water partition coefficient (Wildman–Crippen LogP) is 2.65. The van der Waals surface area contributed by atoms with Crippen LogP contribution in [0.15, 0.2) is 0 Å². The summed E-state index contributed by atoms with van der Waals surface area (Å²) in [6.45, 7) is 9.13. The minimum Gasteiger partial charge on any atom is -0.0628 e. The highest BCUT2D eigenvalue weighted by atomic mass is 28.1. The van der Waals surface area contributed by atoms with E-state index in [0.29, 0.717) is 5.41 Å². The van der Waals surface area contributed by atoms with E-state index in [1.165, 1.54) is 6.42 Å². The summed E-state index contributed by atoms with van der Waals surface area (Å²) >= 11 is 0. The molecule has 1 heteroatoms. The average Bonchev–Trinajstić information content (AvgIpc) is 1.62. The molecule has 0 spiro atoms. The van der Waals surface area contributed by atoms with Crippen LogP contribution >= 0.6 is 0 Å². The molecule has 9 heavy (non-hydrogen) atoms. The van der Waals surface area contributed by atoms with E-state index in [4.69, 9.17) is 0 Å². The molecule has 1 unspecified atom stereocenters. The summed E-state index contributed by atoms with van der Waals surface area (Å²) in [7, 11) is 3.51. The van der Waals surface area contributed by atoms with E-state index < -0.39 is 0 Å². The molecule has 0 aromatic heterocycles. The average molecular weight is 141 g/mol. The first-order valence-corrected chi connectivity index (χ1v) is 4.31. The van der Waals surface area contributed by atoms with Crippen LogP contribution < -0.4 is 0 Å². The molecule has 0 saturated heterocycles. The fourth-order valence-corrected chi connectivity index (χ4v) is 1.26. The van der Waals surface area contributed by atoms with Crippen LogP contribution in [0.25, 0.3) is 0 Å². The van der Waals surface area contributed by atoms with E-state index in [9.17, 15) is 0 Å². The van der Waals surface area contributed by atoms with E-state index in [-0.39, 0.29) is 0 Å². The molecule has 53 valence electrons. The first-order chi connectivity index (χ1) is 3.95. The quantitative estimate of drug-likeness (QED) is 0.519. The molecule has 1 atom stereocenters. The van der Waals surface area contributed by atoms with Crippen molar-refractivity contribution in [3.63, 3.8) is 0 Å². The van der Waals surface area contributed by atoms with Crippen LogP contribution in [-0.2, 0) is 0 Å². The molecule has 0 bridgehead atoms. The van der Waals surface area contributed by atoms with Crippen LogP contribution in [0, 0.1) is 11.3 Å². The van der Waals surface area contributed by atoms with E-state index in [0.717, 1.165) is 12.0 Å². The summed E-state index contributed by atoms with van der Waals surface area (Å²) < 4.78 is 0. The van der Waals surface area contributed by atoms with Gasteiger partial charge in [-0.25, -0.2) is 0 Å². The molecule has 0 rings (SSSR count). The van der Waals surface area contributed by atoms with Gasteiger partial charge in [-0.15, -0.1) is 0 Å². The summed E-state index contributed by atoms with van der Waals surface area (Å²) in [4.78, 5) is 0. The Morgan fingerprint density at radius 1 is 1.33 bits per heavy atom. The normalized spacial score (nSPS) is 15.7. The maximum absolute atomic E-state index is 3.51. The van der Waals surface area contributed by atoms with Gasteiger partial charge in [0.15, 0.2) is 0 Å². The summed E-state index contributed by atoms with van der Waals surface area (Å²) in [5, 5.41) is 0. The lowest BCUT2D eigenvalue weighted by molar-refractivity contribution is 0.320. The van der Waals surface area contributed by atoms with Crippen molar-refractivity contribution in [3.05, 3.63) is 0 Å². The van der Waals surface area contributed by atoms with Crippen LogP contribution in [0.2, 0.25) is 6.04 Å². The molecule has 0 saturated carbocycles. The molecule has 0 fully saturated rings. The van der Waals surface area contributed by atoms with Gasteiger partial charge in [-0.1, -0.05) is 33.7 Å². The largest absolute Gasteiger partial charge is 0.0628 e. The van der Waals surface area contributed by atoms with E-state index >= 15 is 0 Å². The van der Waals surface area contributed by atoms with Crippen molar-refractivity contribution in [2.75, 3.05) is 0 Å². The van der Waals surface area contributed by atoms with Crippen LogP contribution in [-0.4, -0.2) is 10.2 Å². The van der Waals surface area contributed by atoms with Gasteiger partial charge in [-0.2, -0.15) is 0 Å². The highest BCUT2D eigenvalue weighted by Crippen LogP contribution is 2.25. The number of hydrogen-bond donors (Lipinski definition) is 0. The van der Waals surface area contributed by atoms with Crippen molar-refractivity contribution in [3.8, 4) is 0 Å². The lowest BCUT2D eigenvalue weighted by Crippen LogP contribution is -2.10. The highest BCUT2D eigenvalue weighted by molar-refractivity contribution is 6.08. The standard InChI is InChI=1S/C8H17Si/c1-7(6-9)5-8(2,3)4/h7H,5-6H2,1-4H3. The Morgan fingerprint density at radius 2 is 1.78 bits per heavy atom. The van der Waals surface area contributed by atoms with Gasteiger partial charge in [0.25, 0.3) is 0 Å². The molecular weight excluding hydrogens is 124 g/mol. The van der Waals surface area contributed by atoms with E-state index in [1.54, 1.807) is 0 Å². The lowest BCUT2D eigenvalue weighted by atomic mass is 9.86. The van der Waals surface area contributed by atoms with Gasteiger partial charge in [-0.3, -0.25) is 0 Å². The molecule has 0 amide bonds. The Hall–Kier alpha value is 0.217. The zero-order valence-corrected chi connectivity index (χ0v) is 7.99. The molecule has 0 aromatic carbocycles. The molecule has 0 aliphatic carbocycles. The zero-order chi connectivity index (χ0) is 7.49. The summed E-state index contributed by atoms with van der Waals surface area (Å²) in [5.41, 5.74) is 0.492. The Morgan fingerprint density at radius 3 is 1.89 bits per heavy atom. The second-order valence-electron chi connectivity index (χ2n) is 4.07. The second kappa shape index (κ2) is 3.40. The minimum atomic E-state index is 0.492. The molecule has 0 aliphatic rings. The minimum absolute atomic E-state index is 0.492. The van der Waals surface area contributed by atoms with Crippen molar-refractivity contribution < 1.29 is 0 Å². The SMILES string of the molecule is CC(C[Si])CC(C)(C)C. The van der Waals surface area contributed by atoms with Crippen molar-refractivity contribution in [1.82, 2.24) is 0 Å². The Labute approximate surface area is 62.5 Å². The highest BCUT2D eigenvalue weighted by Gasteiger charge is 2.13. The second-order valence-corrected chi connectivity index (χ2v) is 4.48.